The van der Waals surface area contributed by atoms with E-state index in [1.54, 1.807) is 22.9 Å². The molecule has 0 bridgehead atoms. The summed E-state index contributed by atoms with van der Waals surface area (Å²) in [4.78, 5) is 23.8. The number of hydrogen-bond acceptors (Lipinski definition) is 7. The number of benzene rings is 2. The number of rotatable bonds is 3. The van der Waals surface area contributed by atoms with Gasteiger partial charge in [-0.2, -0.15) is 0 Å². The Bertz CT molecular complexity index is 1130. The summed E-state index contributed by atoms with van der Waals surface area (Å²) < 4.78 is 7.48. The average Bonchev–Trinajstić information content (AvgIpc) is 3.34. The summed E-state index contributed by atoms with van der Waals surface area (Å²) in [5.74, 6) is -0.123. The Balaban J connectivity index is 1.38. The van der Waals surface area contributed by atoms with Crippen molar-refractivity contribution in [3.63, 3.8) is 0 Å². The monoisotopic (exact) mass is 396 g/mol. The number of ether oxygens (including phenoxy) is 1. The van der Waals surface area contributed by atoms with Crippen LogP contribution in [-0.2, 0) is 4.74 Å². The van der Waals surface area contributed by atoms with E-state index in [0.29, 0.717) is 5.56 Å². The van der Waals surface area contributed by atoms with Gasteiger partial charge in [0.05, 0.1) is 39.2 Å². The topological polar surface area (TPSA) is 67.4 Å². The lowest BCUT2D eigenvalue weighted by Gasteiger charge is -2.25. The van der Waals surface area contributed by atoms with Crippen LogP contribution in [0.1, 0.15) is 10.4 Å². The molecule has 2 aromatic carbocycles. The second-order valence-electron chi connectivity index (χ2n) is 6.27. The summed E-state index contributed by atoms with van der Waals surface area (Å²) in [6.07, 6.45) is 0. The molecule has 0 atom stereocenters. The van der Waals surface area contributed by atoms with Gasteiger partial charge in [-0.1, -0.05) is 11.3 Å². The zero-order chi connectivity index (χ0) is 18.2. The van der Waals surface area contributed by atoms with Gasteiger partial charge in [0.1, 0.15) is 0 Å². The van der Waals surface area contributed by atoms with Crippen LogP contribution in [0.5, 0.6) is 0 Å². The first-order valence-electron chi connectivity index (χ1n) is 8.64. The fourth-order valence-electron chi connectivity index (χ4n) is 3.08. The van der Waals surface area contributed by atoms with E-state index < -0.39 is 0 Å². The summed E-state index contributed by atoms with van der Waals surface area (Å²) in [5, 5.41) is 3.99. The maximum absolute atomic E-state index is 12.6. The number of nitrogens with zero attached hydrogens (tertiary/aromatic N) is 3. The molecule has 1 N–H and O–H groups in total. The summed E-state index contributed by atoms with van der Waals surface area (Å²) in [5.41, 5.74) is 5.05. The Labute approximate surface area is 163 Å². The van der Waals surface area contributed by atoms with E-state index in [1.165, 1.54) is 11.3 Å². The second-order valence-corrected chi connectivity index (χ2v) is 8.16. The molecule has 1 aliphatic heterocycles. The maximum atomic E-state index is 12.6. The molecule has 2 aromatic heterocycles. The van der Waals surface area contributed by atoms with Crippen LogP contribution in [0, 0.1) is 0 Å². The Morgan fingerprint density at radius 1 is 1.07 bits per heavy atom. The standard InChI is InChI=1S/C19H16N4O2S2/c24-18(12-1-3-14-16(9-12)26-11-20-14)21-13-2-4-15-17(10-13)27-19(22-15)23-5-7-25-8-6-23/h1-4,9-11H,5-8H2,(H,21,24). The largest absolute Gasteiger partial charge is 0.378 e. The van der Waals surface area contributed by atoms with Crippen LogP contribution in [0.25, 0.3) is 20.4 Å². The van der Waals surface area contributed by atoms with Gasteiger partial charge in [-0.05, 0) is 36.4 Å². The predicted octanol–water partition coefficient (Wildman–Crippen LogP) is 3.99. The van der Waals surface area contributed by atoms with Crippen molar-refractivity contribution in [2.45, 2.75) is 0 Å². The smallest absolute Gasteiger partial charge is 0.255 e. The van der Waals surface area contributed by atoms with Crippen molar-refractivity contribution in [2.75, 3.05) is 36.5 Å². The zero-order valence-electron chi connectivity index (χ0n) is 14.3. The first kappa shape index (κ1) is 16.6. The highest BCUT2D eigenvalue weighted by Crippen LogP contribution is 2.31. The van der Waals surface area contributed by atoms with E-state index in [1.807, 2.05) is 30.3 Å². The van der Waals surface area contributed by atoms with Crippen LogP contribution in [0.4, 0.5) is 10.8 Å². The van der Waals surface area contributed by atoms with Crippen LogP contribution in [0.3, 0.4) is 0 Å². The summed E-state index contributed by atoms with van der Waals surface area (Å²) >= 11 is 3.18. The Kier molecular flexibility index (Phi) is 4.23. The molecule has 0 saturated carbocycles. The van der Waals surface area contributed by atoms with Crippen molar-refractivity contribution in [2.24, 2.45) is 0 Å². The SMILES string of the molecule is O=C(Nc1ccc2nc(N3CCOCC3)sc2c1)c1ccc2ncsc2c1. The van der Waals surface area contributed by atoms with Crippen LogP contribution >= 0.6 is 22.7 Å². The summed E-state index contributed by atoms with van der Waals surface area (Å²) in [6.45, 7) is 3.20. The molecule has 8 heteroatoms. The molecule has 136 valence electrons. The molecule has 0 radical (unpaired) electrons. The van der Waals surface area contributed by atoms with Crippen LogP contribution in [0.2, 0.25) is 0 Å². The number of fused-ring (bicyclic) bond motifs is 2. The highest BCUT2D eigenvalue weighted by atomic mass is 32.1. The number of morpholine rings is 1. The number of anilines is 2. The van der Waals surface area contributed by atoms with Crippen molar-refractivity contribution < 1.29 is 9.53 Å². The minimum absolute atomic E-state index is 0.123. The van der Waals surface area contributed by atoms with Crippen LogP contribution in [0.15, 0.2) is 41.9 Å². The fraction of sp³-hybridized carbons (Fsp3) is 0.211. The van der Waals surface area contributed by atoms with Gasteiger partial charge in [0, 0.05) is 24.3 Å². The highest BCUT2D eigenvalue weighted by Gasteiger charge is 2.16. The summed E-state index contributed by atoms with van der Waals surface area (Å²) in [7, 11) is 0. The molecule has 0 aliphatic carbocycles. The van der Waals surface area contributed by atoms with Gasteiger partial charge >= 0.3 is 0 Å². The number of aromatic nitrogens is 2. The molecule has 5 rings (SSSR count). The van der Waals surface area contributed by atoms with E-state index in [9.17, 15) is 4.79 Å². The number of carbonyl (C=O) groups excluding carboxylic acids is 1. The van der Waals surface area contributed by atoms with E-state index in [-0.39, 0.29) is 5.91 Å². The van der Waals surface area contributed by atoms with E-state index >= 15 is 0 Å². The third kappa shape index (κ3) is 3.27. The first-order chi connectivity index (χ1) is 13.3. The number of amides is 1. The van der Waals surface area contributed by atoms with Crippen molar-refractivity contribution in [3.8, 4) is 0 Å². The predicted molar refractivity (Wildman–Crippen MR) is 110 cm³/mol. The molecule has 1 amide bonds. The molecule has 6 nitrogen and oxygen atoms in total. The molecule has 1 aliphatic rings. The Hall–Kier alpha value is -2.55. The number of nitrogens with one attached hydrogen (secondary N) is 1. The first-order valence-corrected chi connectivity index (χ1v) is 10.3. The van der Waals surface area contributed by atoms with Crippen molar-refractivity contribution in [3.05, 3.63) is 47.5 Å². The molecule has 1 saturated heterocycles. The molecule has 4 aromatic rings. The third-order valence-corrected chi connectivity index (χ3v) is 6.38. The van der Waals surface area contributed by atoms with Gasteiger partial charge in [-0.3, -0.25) is 4.79 Å². The normalized spacial score (nSPS) is 14.7. The van der Waals surface area contributed by atoms with Gasteiger partial charge in [0.2, 0.25) is 0 Å². The van der Waals surface area contributed by atoms with E-state index in [2.05, 4.69) is 15.2 Å². The maximum Gasteiger partial charge on any atom is 0.255 e. The molecule has 3 heterocycles. The van der Waals surface area contributed by atoms with Gasteiger partial charge in [0.15, 0.2) is 5.13 Å². The molecular weight excluding hydrogens is 380 g/mol. The minimum Gasteiger partial charge on any atom is -0.378 e. The fourth-order valence-corrected chi connectivity index (χ4v) is 4.85. The van der Waals surface area contributed by atoms with Crippen molar-refractivity contribution in [1.29, 1.82) is 0 Å². The highest BCUT2D eigenvalue weighted by molar-refractivity contribution is 7.22. The minimum atomic E-state index is -0.123. The number of hydrogen-bond donors (Lipinski definition) is 1. The van der Waals surface area contributed by atoms with Gasteiger partial charge in [0.25, 0.3) is 5.91 Å². The molecular formula is C19H16N4O2S2. The number of thiazole rings is 2. The molecule has 1 fully saturated rings. The third-order valence-electron chi connectivity index (χ3n) is 4.51. The van der Waals surface area contributed by atoms with E-state index in [4.69, 9.17) is 9.72 Å². The molecule has 27 heavy (non-hydrogen) atoms. The van der Waals surface area contributed by atoms with Crippen LogP contribution in [-0.4, -0.2) is 42.2 Å². The van der Waals surface area contributed by atoms with Crippen LogP contribution < -0.4 is 10.2 Å². The van der Waals surface area contributed by atoms with Crippen molar-refractivity contribution >= 4 is 59.8 Å². The quantitative estimate of drug-likeness (QED) is 0.567. The average molecular weight is 396 g/mol. The molecule has 0 spiro atoms. The lowest BCUT2D eigenvalue weighted by atomic mass is 10.2. The Morgan fingerprint density at radius 3 is 2.81 bits per heavy atom. The van der Waals surface area contributed by atoms with Gasteiger partial charge < -0.3 is 15.0 Å². The molecule has 0 unspecified atom stereocenters. The van der Waals surface area contributed by atoms with Gasteiger partial charge in [-0.15, -0.1) is 11.3 Å². The number of carbonyl (C=O) groups is 1. The van der Waals surface area contributed by atoms with E-state index in [0.717, 1.165) is 57.6 Å². The zero-order valence-corrected chi connectivity index (χ0v) is 16.0. The lowest BCUT2D eigenvalue weighted by Crippen LogP contribution is -2.36. The van der Waals surface area contributed by atoms with Gasteiger partial charge in [-0.25, -0.2) is 9.97 Å². The Morgan fingerprint density at radius 2 is 1.93 bits per heavy atom. The lowest BCUT2D eigenvalue weighted by molar-refractivity contribution is 0.102. The van der Waals surface area contributed by atoms with Crippen molar-refractivity contribution in [1.82, 2.24) is 9.97 Å². The second kappa shape index (κ2) is 6.88. The summed E-state index contributed by atoms with van der Waals surface area (Å²) in [6, 6.07) is 11.4.